The van der Waals surface area contributed by atoms with Gasteiger partial charge in [0.1, 0.15) is 0 Å². The SMILES string of the molecule is Cc1nn(C)c(C)c1CCC(=O)N1CCn2c(nnc2C(F)(F)F)C1. The van der Waals surface area contributed by atoms with Gasteiger partial charge in [0.25, 0.3) is 0 Å². The van der Waals surface area contributed by atoms with Crippen LogP contribution in [0.2, 0.25) is 0 Å². The number of nitrogens with zero attached hydrogens (tertiary/aromatic N) is 6. The molecule has 0 saturated heterocycles. The van der Waals surface area contributed by atoms with Gasteiger partial charge >= 0.3 is 6.18 Å². The molecule has 136 valence electrons. The highest BCUT2D eigenvalue weighted by atomic mass is 19.4. The van der Waals surface area contributed by atoms with E-state index in [2.05, 4.69) is 15.3 Å². The molecule has 0 N–H and O–H groups in total. The van der Waals surface area contributed by atoms with E-state index in [0.717, 1.165) is 21.5 Å². The molecule has 0 aromatic carbocycles. The second-order valence-corrected chi connectivity index (χ2v) is 6.18. The fourth-order valence-corrected chi connectivity index (χ4v) is 3.15. The average Bonchev–Trinajstić information content (AvgIpc) is 3.06. The Balaban J connectivity index is 1.66. The molecule has 1 amide bonds. The van der Waals surface area contributed by atoms with Crippen LogP contribution in [0.1, 0.15) is 35.0 Å². The molecule has 0 bridgehead atoms. The molecule has 3 rings (SSSR count). The molecule has 0 unspecified atom stereocenters. The van der Waals surface area contributed by atoms with Crippen molar-refractivity contribution in [3.63, 3.8) is 0 Å². The van der Waals surface area contributed by atoms with Crippen LogP contribution < -0.4 is 0 Å². The van der Waals surface area contributed by atoms with Gasteiger partial charge in [-0.15, -0.1) is 10.2 Å². The lowest BCUT2D eigenvalue weighted by Gasteiger charge is -2.28. The van der Waals surface area contributed by atoms with Crippen LogP contribution >= 0.6 is 0 Å². The summed E-state index contributed by atoms with van der Waals surface area (Å²) >= 11 is 0. The van der Waals surface area contributed by atoms with E-state index < -0.39 is 12.0 Å². The third-order valence-corrected chi connectivity index (χ3v) is 4.61. The molecule has 25 heavy (non-hydrogen) atoms. The third-order valence-electron chi connectivity index (χ3n) is 4.61. The number of amides is 1. The summed E-state index contributed by atoms with van der Waals surface area (Å²) < 4.78 is 41.3. The van der Waals surface area contributed by atoms with Gasteiger partial charge < -0.3 is 9.47 Å². The van der Waals surface area contributed by atoms with Crippen LogP contribution in [-0.2, 0) is 37.5 Å². The number of carbonyl (C=O) groups excluding carboxylic acids is 1. The Hall–Kier alpha value is -2.39. The van der Waals surface area contributed by atoms with E-state index in [1.807, 2.05) is 20.9 Å². The number of halogens is 3. The largest absolute Gasteiger partial charge is 0.451 e. The third kappa shape index (κ3) is 3.24. The topological polar surface area (TPSA) is 68.8 Å². The van der Waals surface area contributed by atoms with E-state index in [9.17, 15) is 18.0 Å². The highest BCUT2D eigenvalue weighted by Crippen LogP contribution is 2.29. The molecule has 2 aromatic heterocycles. The van der Waals surface area contributed by atoms with E-state index in [1.165, 1.54) is 4.90 Å². The predicted octanol–water partition coefficient (Wildman–Crippen LogP) is 1.62. The number of hydrogen-bond acceptors (Lipinski definition) is 4. The molecular formula is C15H19F3N6O. The lowest BCUT2D eigenvalue weighted by atomic mass is 10.1. The minimum Gasteiger partial charge on any atom is -0.333 e. The molecule has 0 radical (unpaired) electrons. The first-order chi connectivity index (χ1) is 11.7. The van der Waals surface area contributed by atoms with Crippen LogP contribution in [0.25, 0.3) is 0 Å². The fourth-order valence-electron chi connectivity index (χ4n) is 3.15. The first kappa shape index (κ1) is 17.4. The molecule has 0 saturated carbocycles. The maximum Gasteiger partial charge on any atom is 0.451 e. The van der Waals surface area contributed by atoms with Crippen LogP contribution in [0, 0.1) is 13.8 Å². The van der Waals surface area contributed by atoms with Crippen molar-refractivity contribution in [3.8, 4) is 0 Å². The van der Waals surface area contributed by atoms with Crippen molar-refractivity contribution in [1.29, 1.82) is 0 Å². The fraction of sp³-hybridized carbons (Fsp3) is 0.600. The van der Waals surface area contributed by atoms with Crippen molar-refractivity contribution in [2.24, 2.45) is 7.05 Å². The quantitative estimate of drug-likeness (QED) is 0.838. The number of fused-ring (bicyclic) bond motifs is 1. The van der Waals surface area contributed by atoms with Crippen molar-refractivity contribution < 1.29 is 18.0 Å². The Kier molecular flexibility index (Phi) is 4.29. The molecule has 1 aliphatic rings. The van der Waals surface area contributed by atoms with Crippen LogP contribution in [0.4, 0.5) is 13.2 Å². The minimum atomic E-state index is -4.53. The summed E-state index contributed by atoms with van der Waals surface area (Å²) in [6.45, 7) is 4.16. The summed E-state index contributed by atoms with van der Waals surface area (Å²) in [5, 5.41) is 11.1. The van der Waals surface area contributed by atoms with Crippen molar-refractivity contribution >= 4 is 5.91 Å². The van der Waals surface area contributed by atoms with Crippen LogP contribution in [0.3, 0.4) is 0 Å². The van der Waals surface area contributed by atoms with Crippen molar-refractivity contribution in [2.75, 3.05) is 6.54 Å². The molecule has 0 fully saturated rings. The highest BCUT2D eigenvalue weighted by Gasteiger charge is 2.39. The summed E-state index contributed by atoms with van der Waals surface area (Å²) in [5.41, 5.74) is 2.94. The molecule has 3 heterocycles. The van der Waals surface area contributed by atoms with Gasteiger partial charge in [-0.25, -0.2) is 0 Å². The number of rotatable bonds is 3. The first-order valence-electron chi connectivity index (χ1n) is 7.94. The predicted molar refractivity (Wildman–Crippen MR) is 81.4 cm³/mol. The molecule has 0 aliphatic carbocycles. The van der Waals surface area contributed by atoms with Gasteiger partial charge in [0.05, 0.1) is 12.2 Å². The number of aromatic nitrogens is 5. The van der Waals surface area contributed by atoms with Gasteiger partial charge in [0.15, 0.2) is 5.82 Å². The van der Waals surface area contributed by atoms with E-state index in [1.54, 1.807) is 4.68 Å². The zero-order valence-corrected chi connectivity index (χ0v) is 14.3. The van der Waals surface area contributed by atoms with Crippen molar-refractivity contribution in [1.82, 2.24) is 29.4 Å². The molecule has 0 spiro atoms. The second-order valence-electron chi connectivity index (χ2n) is 6.18. The number of hydrogen-bond donors (Lipinski definition) is 0. The molecule has 1 aliphatic heterocycles. The highest BCUT2D eigenvalue weighted by molar-refractivity contribution is 5.76. The monoisotopic (exact) mass is 356 g/mol. The zero-order valence-electron chi connectivity index (χ0n) is 14.3. The molecule has 7 nitrogen and oxygen atoms in total. The summed E-state index contributed by atoms with van der Waals surface area (Å²) in [6.07, 6.45) is -3.69. The standard InChI is InChI=1S/C15H19F3N6O/c1-9-11(10(2)22(3)21-9)4-5-13(25)23-6-7-24-12(8-23)19-20-14(24)15(16,17)18/h4-8H2,1-3H3. The van der Waals surface area contributed by atoms with E-state index in [0.29, 0.717) is 6.42 Å². The van der Waals surface area contributed by atoms with Gasteiger partial charge in [0, 0.05) is 32.3 Å². The number of alkyl halides is 3. The summed E-state index contributed by atoms with van der Waals surface area (Å²) in [7, 11) is 1.85. The Morgan fingerprint density at radius 3 is 2.52 bits per heavy atom. The van der Waals surface area contributed by atoms with Crippen LogP contribution in [0.5, 0.6) is 0 Å². The summed E-state index contributed by atoms with van der Waals surface area (Å²) in [4.78, 5) is 14.0. The van der Waals surface area contributed by atoms with E-state index in [4.69, 9.17) is 0 Å². The lowest BCUT2D eigenvalue weighted by molar-refractivity contribution is -0.148. The maximum absolute atomic E-state index is 12.8. The maximum atomic E-state index is 12.8. The van der Waals surface area contributed by atoms with Crippen LogP contribution in [-0.4, -0.2) is 41.9 Å². The van der Waals surface area contributed by atoms with Gasteiger partial charge in [-0.05, 0) is 25.8 Å². The Labute approximate surface area is 142 Å². The minimum absolute atomic E-state index is 0.0485. The molecule has 10 heteroatoms. The molecule has 0 atom stereocenters. The molecular weight excluding hydrogens is 337 g/mol. The van der Waals surface area contributed by atoms with Crippen LogP contribution in [0.15, 0.2) is 0 Å². The van der Waals surface area contributed by atoms with E-state index >= 15 is 0 Å². The number of carbonyl (C=O) groups is 1. The lowest BCUT2D eigenvalue weighted by Crippen LogP contribution is -2.39. The van der Waals surface area contributed by atoms with Crippen molar-refractivity contribution in [2.45, 2.75) is 46.0 Å². The first-order valence-corrected chi connectivity index (χ1v) is 7.94. The molecule has 2 aromatic rings. The van der Waals surface area contributed by atoms with Gasteiger partial charge in [-0.1, -0.05) is 0 Å². The summed E-state index contributed by atoms with van der Waals surface area (Å²) in [6, 6.07) is 0. The van der Waals surface area contributed by atoms with Crippen molar-refractivity contribution in [3.05, 3.63) is 28.6 Å². The van der Waals surface area contributed by atoms with Gasteiger partial charge in [-0.2, -0.15) is 18.3 Å². The van der Waals surface area contributed by atoms with Gasteiger partial charge in [-0.3, -0.25) is 9.48 Å². The Bertz CT molecular complexity index is 807. The zero-order chi connectivity index (χ0) is 18.4. The van der Waals surface area contributed by atoms with Gasteiger partial charge in [0.2, 0.25) is 11.7 Å². The second kappa shape index (κ2) is 6.16. The Morgan fingerprint density at radius 1 is 1.20 bits per heavy atom. The smallest absolute Gasteiger partial charge is 0.333 e. The number of aryl methyl sites for hydroxylation is 2. The van der Waals surface area contributed by atoms with E-state index in [-0.39, 0.29) is 37.8 Å². The average molecular weight is 356 g/mol. The summed E-state index contributed by atoms with van der Waals surface area (Å²) in [5.74, 6) is -0.942. The normalized spacial score (nSPS) is 14.7. The Morgan fingerprint density at radius 2 is 1.92 bits per heavy atom.